The molecule has 0 saturated carbocycles. The summed E-state index contributed by atoms with van der Waals surface area (Å²) in [5, 5.41) is 0. The van der Waals surface area contributed by atoms with Gasteiger partial charge in [-0.1, -0.05) is 6.07 Å². The van der Waals surface area contributed by atoms with E-state index in [1.807, 2.05) is 19.1 Å². The van der Waals surface area contributed by atoms with E-state index in [0.29, 0.717) is 11.4 Å². The van der Waals surface area contributed by atoms with Crippen LogP contribution in [0.2, 0.25) is 0 Å². The standard InChI is InChI=1S/C12H16N2O2/c1-8-3-4-9(13)7-11(8)16-10-5-6-14(2)12(10)15/h3-4,7,10H,5-6,13H2,1-2H3. The maximum atomic E-state index is 11.7. The second kappa shape index (κ2) is 4.04. The predicted molar refractivity (Wildman–Crippen MR) is 62.3 cm³/mol. The highest BCUT2D eigenvalue weighted by Gasteiger charge is 2.31. The Morgan fingerprint density at radius 1 is 1.50 bits per heavy atom. The second-order valence-electron chi connectivity index (χ2n) is 4.18. The molecule has 86 valence electrons. The van der Waals surface area contributed by atoms with Gasteiger partial charge < -0.3 is 15.4 Å². The molecule has 1 fully saturated rings. The van der Waals surface area contributed by atoms with Crippen LogP contribution >= 0.6 is 0 Å². The van der Waals surface area contributed by atoms with E-state index in [0.717, 1.165) is 18.5 Å². The summed E-state index contributed by atoms with van der Waals surface area (Å²) in [5.41, 5.74) is 7.34. The van der Waals surface area contributed by atoms with Crippen molar-refractivity contribution in [2.75, 3.05) is 19.3 Å². The number of rotatable bonds is 2. The lowest BCUT2D eigenvalue weighted by Crippen LogP contribution is -2.29. The number of nitrogen functional groups attached to an aromatic ring is 1. The number of nitrogens with zero attached hydrogens (tertiary/aromatic N) is 1. The molecule has 0 aromatic heterocycles. The van der Waals surface area contributed by atoms with Gasteiger partial charge >= 0.3 is 0 Å². The lowest BCUT2D eigenvalue weighted by molar-refractivity contribution is -0.132. The molecule has 4 nitrogen and oxygen atoms in total. The molecule has 0 radical (unpaired) electrons. The lowest BCUT2D eigenvalue weighted by Gasteiger charge is -2.15. The van der Waals surface area contributed by atoms with Crippen molar-refractivity contribution in [3.8, 4) is 5.75 Å². The Labute approximate surface area is 95.0 Å². The number of nitrogens with two attached hydrogens (primary N) is 1. The summed E-state index contributed by atoms with van der Waals surface area (Å²) in [7, 11) is 1.79. The molecular formula is C12H16N2O2. The highest BCUT2D eigenvalue weighted by atomic mass is 16.5. The molecule has 0 bridgehead atoms. The molecule has 2 N–H and O–H groups in total. The number of hydrogen-bond acceptors (Lipinski definition) is 3. The predicted octanol–water partition coefficient (Wildman–Crippen LogP) is 1.19. The summed E-state index contributed by atoms with van der Waals surface area (Å²) >= 11 is 0. The van der Waals surface area contributed by atoms with Crippen molar-refractivity contribution in [2.24, 2.45) is 0 Å². The first-order valence-electron chi connectivity index (χ1n) is 5.35. The van der Waals surface area contributed by atoms with Gasteiger partial charge in [-0.3, -0.25) is 4.79 Å². The average Bonchev–Trinajstić information content (AvgIpc) is 2.55. The molecule has 1 saturated heterocycles. The molecule has 0 aliphatic carbocycles. The normalized spacial score (nSPS) is 20.2. The van der Waals surface area contributed by atoms with Gasteiger partial charge in [-0.15, -0.1) is 0 Å². The van der Waals surface area contributed by atoms with Gasteiger partial charge in [0.15, 0.2) is 6.10 Å². The molecule has 1 heterocycles. The number of likely N-dealkylation sites (N-methyl/N-ethyl adjacent to an activating group) is 1. The van der Waals surface area contributed by atoms with E-state index in [2.05, 4.69) is 0 Å². The molecule has 1 unspecified atom stereocenters. The van der Waals surface area contributed by atoms with Crippen LogP contribution in [0, 0.1) is 6.92 Å². The Morgan fingerprint density at radius 3 is 2.88 bits per heavy atom. The van der Waals surface area contributed by atoms with Gasteiger partial charge in [-0.05, 0) is 18.6 Å². The Hall–Kier alpha value is -1.71. The van der Waals surface area contributed by atoms with Crippen LogP contribution in [0.4, 0.5) is 5.69 Å². The van der Waals surface area contributed by atoms with Crippen LogP contribution in [0.3, 0.4) is 0 Å². The van der Waals surface area contributed by atoms with Gasteiger partial charge in [-0.2, -0.15) is 0 Å². The number of carbonyl (C=O) groups excluding carboxylic acids is 1. The Morgan fingerprint density at radius 2 is 2.25 bits per heavy atom. The minimum Gasteiger partial charge on any atom is -0.480 e. The van der Waals surface area contributed by atoms with Crippen molar-refractivity contribution in [3.63, 3.8) is 0 Å². The molecule has 1 aliphatic rings. The van der Waals surface area contributed by atoms with Crippen LogP contribution in [0.25, 0.3) is 0 Å². The third-order valence-electron chi connectivity index (χ3n) is 2.86. The molecule has 4 heteroatoms. The Kier molecular flexibility index (Phi) is 2.73. The minimum atomic E-state index is -0.356. The lowest BCUT2D eigenvalue weighted by atomic mass is 10.2. The fourth-order valence-corrected chi connectivity index (χ4v) is 1.80. The van der Waals surface area contributed by atoms with Crippen LogP contribution < -0.4 is 10.5 Å². The SMILES string of the molecule is Cc1ccc(N)cc1OC1CCN(C)C1=O. The first-order chi connectivity index (χ1) is 7.58. The minimum absolute atomic E-state index is 0.0434. The third-order valence-corrected chi connectivity index (χ3v) is 2.86. The van der Waals surface area contributed by atoms with Crippen molar-refractivity contribution in [1.29, 1.82) is 0 Å². The topological polar surface area (TPSA) is 55.6 Å². The first-order valence-corrected chi connectivity index (χ1v) is 5.35. The van der Waals surface area contributed by atoms with Gasteiger partial charge in [0, 0.05) is 31.8 Å². The summed E-state index contributed by atoms with van der Waals surface area (Å²) in [5.74, 6) is 0.746. The van der Waals surface area contributed by atoms with Crippen LogP contribution in [-0.4, -0.2) is 30.5 Å². The number of likely N-dealkylation sites (tertiary alicyclic amines) is 1. The third kappa shape index (κ3) is 1.96. The molecular weight excluding hydrogens is 204 g/mol. The zero-order valence-electron chi connectivity index (χ0n) is 9.56. The van der Waals surface area contributed by atoms with Crippen molar-refractivity contribution in [1.82, 2.24) is 4.90 Å². The van der Waals surface area contributed by atoms with Crippen molar-refractivity contribution in [3.05, 3.63) is 23.8 Å². The maximum absolute atomic E-state index is 11.7. The van der Waals surface area contributed by atoms with Crippen molar-refractivity contribution >= 4 is 11.6 Å². The molecule has 1 aliphatic heterocycles. The number of ether oxygens (including phenoxy) is 1. The van der Waals surface area contributed by atoms with Gasteiger partial charge in [-0.25, -0.2) is 0 Å². The van der Waals surface area contributed by atoms with Crippen LogP contribution in [-0.2, 0) is 4.79 Å². The van der Waals surface area contributed by atoms with E-state index in [-0.39, 0.29) is 12.0 Å². The fourth-order valence-electron chi connectivity index (χ4n) is 1.80. The van der Waals surface area contributed by atoms with E-state index in [4.69, 9.17) is 10.5 Å². The molecule has 1 amide bonds. The molecule has 1 aromatic carbocycles. The van der Waals surface area contributed by atoms with Gasteiger partial charge in [0.25, 0.3) is 5.91 Å². The summed E-state index contributed by atoms with van der Waals surface area (Å²) in [6.45, 7) is 2.70. The maximum Gasteiger partial charge on any atom is 0.263 e. The molecule has 16 heavy (non-hydrogen) atoms. The zero-order chi connectivity index (χ0) is 11.7. The van der Waals surface area contributed by atoms with Crippen LogP contribution in [0.5, 0.6) is 5.75 Å². The number of benzene rings is 1. The first kappa shape index (κ1) is 10.8. The highest BCUT2D eigenvalue weighted by molar-refractivity contribution is 5.83. The number of hydrogen-bond donors (Lipinski definition) is 1. The van der Waals surface area contributed by atoms with Gasteiger partial charge in [0.2, 0.25) is 0 Å². The van der Waals surface area contributed by atoms with Crippen LogP contribution in [0.1, 0.15) is 12.0 Å². The van der Waals surface area contributed by atoms with E-state index in [1.54, 1.807) is 18.0 Å². The Balaban J connectivity index is 2.15. The average molecular weight is 220 g/mol. The largest absolute Gasteiger partial charge is 0.480 e. The number of anilines is 1. The summed E-state index contributed by atoms with van der Waals surface area (Å²) in [4.78, 5) is 13.4. The molecule has 0 spiro atoms. The molecule has 1 aromatic rings. The van der Waals surface area contributed by atoms with E-state index >= 15 is 0 Å². The van der Waals surface area contributed by atoms with Crippen molar-refractivity contribution in [2.45, 2.75) is 19.4 Å². The number of amides is 1. The molecule has 1 atom stereocenters. The quantitative estimate of drug-likeness (QED) is 0.762. The molecule has 2 rings (SSSR count). The summed E-state index contributed by atoms with van der Waals surface area (Å²) in [6, 6.07) is 5.49. The second-order valence-corrected chi connectivity index (χ2v) is 4.18. The number of carbonyl (C=O) groups is 1. The monoisotopic (exact) mass is 220 g/mol. The fraction of sp³-hybridized carbons (Fsp3) is 0.417. The summed E-state index contributed by atoms with van der Waals surface area (Å²) in [6.07, 6.45) is 0.384. The van der Waals surface area contributed by atoms with Crippen LogP contribution in [0.15, 0.2) is 18.2 Å². The van der Waals surface area contributed by atoms with Crippen molar-refractivity contribution < 1.29 is 9.53 Å². The van der Waals surface area contributed by atoms with Gasteiger partial charge in [0.1, 0.15) is 5.75 Å². The van der Waals surface area contributed by atoms with Gasteiger partial charge in [0.05, 0.1) is 0 Å². The number of aryl methyl sites for hydroxylation is 1. The Bertz CT molecular complexity index is 417. The van der Waals surface area contributed by atoms with E-state index in [9.17, 15) is 4.79 Å². The smallest absolute Gasteiger partial charge is 0.263 e. The summed E-state index contributed by atoms with van der Waals surface area (Å²) < 4.78 is 5.70. The van der Waals surface area contributed by atoms with E-state index < -0.39 is 0 Å². The highest BCUT2D eigenvalue weighted by Crippen LogP contribution is 2.24. The van der Waals surface area contributed by atoms with E-state index in [1.165, 1.54) is 0 Å². The zero-order valence-corrected chi connectivity index (χ0v) is 9.56.